The number of aryl methyl sites for hydroxylation is 2. The standard InChI is InChI=1S/C15H17N3O3/c1-4-11-13(9-8-10(2)17-11)21-14-7-5-6-12(16-3)15(14)18(19)20/h5-9,16H,4H2,1-3H3. The second kappa shape index (κ2) is 6.21. The molecule has 6 heteroatoms. The predicted octanol–water partition coefficient (Wildman–Crippen LogP) is 3.69. The fraction of sp³-hybridized carbons (Fsp3) is 0.267. The largest absolute Gasteiger partial charge is 0.448 e. The van der Waals surface area contributed by atoms with Crippen molar-refractivity contribution in [2.45, 2.75) is 20.3 Å². The maximum atomic E-state index is 11.3. The van der Waals surface area contributed by atoms with Crippen molar-refractivity contribution in [1.29, 1.82) is 0 Å². The summed E-state index contributed by atoms with van der Waals surface area (Å²) in [4.78, 5) is 15.2. The first kappa shape index (κ1) is 14.8. The van der Waals surface area contributed by atoms with Gasteiger partial charge in [-0.05, 0) is 37.6 Å². The van der Waals surface area contributed by atoms with Crippen LogP contribution in [0.5, 0.6) is 11.5 Å². The lowest BCUT2D eigenvalue weighted by molar-refractivity contribution is -0.384. The minimum atomic E-state index is -0.450. The summed E-state index contributed by atoms with van der Waals surface area (Å²) in [5.74, 6) is 0.742. The second-order valence-corrected chi connectivity index (χ2v) is 4.51. The van der Waals surface area contributed by atoms with Crippen molar-refractivity contribution < 1.29 is 9.66 Å². The Bertz CT molecular complexity index is 671. The quantitative estimate of drug-likeness (QED) is 0.670. The van der Waals surface area contributed by atoms with Gasteiger partial charge >= 0.3 is 5.69 Å². The molecule has 0 amide bonds. The Kier molecular flexibility index (Phi) is 4.37. The van der Waals surface area contributed by atoms with Crippen LogP contribution in [0.4, 0.5) is 11.4 Å². The molecule has 0 saturated heterocycles. The highest BCUT2D eigenvalue weighted by Crippen LogP contribution is 2.37. The summed E-state index contributed by atoms with van der Waals surface area (Å²) in [6.07, 6.45) is 0.691. The van der Waals surface area contributed by atoms with E-state index in [-0.39, 0.29) is 11.4 Å². The molecule has 0 aliphatic heterocycles. The number of nitro groups is 1. The Morgan fingerprint density at radius 2 is 2.05 bits per heavy atom. The van der Waals surface area contributed by atoms with Gasteiger partial charge in [-0.2, -0.15) is 0 Å². The molecule has 0 spiro atoms. The summed E-state index contributed by atoms with van der Waals surface area (Å²) < 4.78 is 5.75. The Labute approximate surface area is 122 Å². The summed E-state index contributed by atoms with van der Waals surface area (Å²) >= 11 is 0. The lowest BCUT2D eigenvalue weighted by Crippen LogP contribution is -2.01. The zero-order valence-corrected chi connectivity index (χ0v) is 12.2. The van der Waals surface area contributed by atoms with Crippen LogP contribution in [-0.4, -0.2) is 17.0 Å². The van der Waals surface area contributed by atoms with Gasteiger partial charge < -0.3 is 10.1 Å². The van der Waals surface area contributed by atoms with Gasteiger partial charge in [-0.3, -0.25) is 15.1 Å². The van der Waals surface area contributed by atoms with Gasteiger partial charge in [0, 0.05) is 12.7 Å². The van der Waals surface area contributed by atoms with E-state index in [4.69, 9.17) is 4.74 Å². The van der Waals surface area contributed by atoms with Crippen molar-refractivity contribution in [2.75, 3.05) is 12.4 Å². The van der Waals surface area contributed by atoms with E-state index in [1.165, 1.54) is 0 Å². The summed E-state index contributed by atoms with van der Waals surface area (Å²) in [6.45, 7) is 3.86. The van der Waals surface area contributed by atoms with E-state index in [1.807, 2.05) is 19.9 Å². The Morgan fingerprint density at radius 1 is 1.29 bits per heavy atom. The van der Waals surface area contributed by atoms with Crippen LogP contribution in [0.3, 0.4) is 0 Å². The minimum Gasteiger partial charge on any atom is -0.448 e. The number of anilines is 1. The Hall–Kier alpha value is -2.63. The van der Waals surface area contributed by atoms with Crippen LogP contribution >= 0.6 is 0 Å². The first-order valence-corrected chi connectivity index (χ1v) is 6.66. The lowest BCUT2D eigenvalue weighted by Gasteiger charge is -2.11. The third-order valence-electron chi connectivity index (χ3n) is 3.08. The number of pyridine rings is 1. The molecule has 6 nitrogen and oxygen atoms in total. The van der Waals surface area contributed by atoms with Crippen molar-refractivity contribution in [1.82, 2.24) is 4.98 Å². The van der Waals surface area contributed by atoms with Crippen molar-refractivity contribution in [3.05, 3.63) is 51.8 Å². The van der Waals surface area contributed by atoms with Crippen LogP contribution in [0.1, 0.15) is 18.3 Å². The van der Waals surface area contributed by atoms with Gasteiger partial charge in [0.1, 0.15) is 11.4 Å². The molecule has 1 aromatic heterocycles. The molecule has 110 valence electrons. The molecular formula is C15H17N3O3. The fourth-order valence-corrected chi connectivity index (χ4v) is 2.06. The van der Waals surface area contributed by atoms with E-state index in [2.05, 4.69) is 10.3 Å². The number of nitrogens with zero attached hydrogens (tertiary/aromatic N) is 2. The number of hydrogen-bond donors (Lipinski definition) is 1. The normalized spacial score (nSPS) is 10.2. The van der Waals surface area contributed by atoms with E-state index < -0.39 is 4.92 Å². The zero-order valence-electron chi connectivity index (χ0n) is 12.2. The SMILES string of the molecule is CCc1nc(C)ccc1Oc1cccc(NC)c1[N+](=O)[O-]. The van der Waals surface area contributed by atoms with E-state index in [1.54, 1.807) is 31.3 Å². The summed E-state index contributed by atoms with van der Waals surface area (Å²) in [5, 5.41) is 14.1. The third-order valence-corrected chi connectivity index (χ3v) is 3.08. The van der Waals surface area contributed by atoms with Crippen molar-refractivity contribution in [3.8, 4) is 11.5 Å². The molecule has 0 aliphatic rings. The average Bonchev–Trinajstić information content (AvgIpc) is 2.48. The Morgan fingerprint density at radius 3 is 2.67 bits per heavy atom. The average molecular weight is 287 g/mol. The van der Waals surface area contributed by atoms with Crippen LogP contribution in [0, 0.1) is 17.0 Å². The fourth-order valence-electron chi connectivity index (χ4n) is 2.06. The molecule has 1 aromatic carbocycles. The number of nitrogens with one attached hydrogen (secondary N) is 1. The minimum absolute atomic E-state index is 0.0809. The highest BCUT2D eigenvalue weighted by atomic mass is 16.6. The van der Waals surface area contributed by atoms with E-state index in [0.29, 0.717) is 17.9 Å². The number of rotatable bonds is 5. The number of nitro benzene ring substituents is 1. The van der Waals surface area contributed by atoms with Gasteiger partial charge in [0.15, 0.2) is 0 Å². The zero-order chi connectivity index (χ0) is 15.4. The molecule has 1 heterocycles. The molecule has 21 heavy (non-hydrogen) atoms. The highest BCUT2D eigenvalue weighted by molar-refractivity contribution is 5.68. The van der Waals surface area contributed by atoms with Gasteiger partial charge in [0.05, 0.1) is 10.6 Å². The van der Waals surface area contributed by atoms with Crippen molar-refractivity contribution >= 4 is 11.4 Å². The topological polar surface area (TPSA) is 77.3 Å². The summed E-state index contributed by atoms with van der Waals surface area (Å²) in [5.41, 5.74) is 2.00. The van der Waals surface area contributed by atoms with E-state index in [9.17, 15) is 10.1 Å². The van der Waals surface area contributed by atoms with Crippen molar-refractivity contribution in [2.24, 2.45) is 0 Å². The number of para-hydroxylation sites is 1. The third kappa shape index (κ3) is 3.10. The molecule has 0 unspecified atom stereocenters. The first-order chi connectivity index (χ1) is 10.1. The van der Waals surface area contributed by atoms with Crippen LogP contribution in [0.2, 0.25) is 0 Å². The second-order valence-electron chi connectivity index (χ2n) is 4.51. The maximum Gasteiger partial charge on any atom is 0.334 e. The van der Waals surface area contributed by atoms with Gasteiger partial charge in [0.2, 0.25) is 5.75 Å². The monoisotopic (exact) mass is 287 g/mol. The molecule has 0 bridgehead atoms. The van der Waals surface area contributed by atoms with Gasteiger partial charge in [-0.25, -0.2) is 0 Å². The van der Waals surface area contributed by atoms with Crippen LogP contribution in [-0.2, 0) is 6.42 Å². The van der Waals surface area contributed by atoms with Gasteiger partial charge in [0.25, 0.3) is 0 Å². The highest BCUT2D eigenvalue weighted by Gasteiger charge is 2.21. The van der Waals surface area contributed by atoms with Crippen LogP contribution in [0.25, 0.3) is 0 Å². The number of aromatic nitrogens is 1. The van der Waals surface area contributed by atoms with Gasteiger partial charge in [-0.1, -0.05) is 13.0 Å². The van der Waals surface area contributed by atoms with Gasteiger partial charge in [-0.15, -0.1) is 0 Å². The molecule has 2 rings (SSSR count). The van der Waals surface area contributed by atoms with E-state index >= 15 is 0 Å². The number of ether oxygens (including phenoxy) is 1. The molecule has 0 radical (unpaired) electrons. The lowest BCUT2D eigenvalue weighted by atomic mass is 10.2. The summed E-state index contributed by atoms with van der Waals surface area (Å²) in [7, 11) is 1.64. The summed E-state index contributed by atoms with van der Waals surface area (Å²) in [6, 6.07) is 8.54. The number of hydrogen-bond acceptors (Lipinski definition) is 5. The molecular weight excluding hydrogens is 270 g/mol. The van der Waals surface area contributed by atoms with Crippen LogP contribution < -0.4 is 10.1 Å². The number of benzene rings is 1. The Balaban J connectivity index is 2.47. The predicted molar refractivity (Wildman–Crippen MR) is 81.1 cm³/mol. The maximum absolute atomic E-state index is 11.3. The molecule has 0 aliphatic carbocycles. The van der Waals surface area contributed by atoms with Crippen molar-refractivity contribution in [3.63, 3.8) is 0 Å². The smallest absolute Gasteiger partial charge is 0.334 e. The molecule has 2 aromatic rings. The van der Waals surface area contributed by atoms with Crippen LogP contribution in [0.15, 0.2) is 30.3 Å². The molecule has 1 N–H and O–H groups in total. The molecule has 0 fully saturated rings. The molecule has 0 atom stereocenters. The first-order valence-electron chi connectivity index (χ1n) is 6.66. The molecule has 0 saturated carbocycles. The van der Waals surface area contributed by atoms with E-state index in [0.717, 1.165) is 11.4 Å².